The molecular weight excluding hydrogens is 423 g/mol. The summed E-state index contributed by atoms with van der Waals surface area (Å²) in [5.74, 6) is -0.391. The zero-order chi connectivity index (χ0) is 23.3. The van der Waals surface area contributed by atoms with E-state index < -0.39 is 11.9 Å². The van der Waals surface area contributed by atoms with Gasteiger partial charge in [0.25, 0.3) is 5.91 Å². The third kappa shape index (κ3) is 3.29. The molecular formula is C25H23FN4O3. The highest BCUT2D eigenvalue weighted by molar-refractivity contribution is 6.11. The number of H-pyrrole nitrogens is 1. The number of benzene rings is 2. The lowest BCUT2D eigenvalue weighted by molar-refractivity contribution is 0.0988. The van der Waals surface area contributed by atoms with Gasteiger partial charge in [-0.25, -0.2) is 4.39 Å². The molecule has 1 aliphatic heterocycles. The predicted octanol–water partition coefficient (Wildman–Crippen LogP) is 5.26. The van der Waals surface area contributed by atoms with Crippen molar-refractivity contribution in [1.82, 2.24) is 15.4 Å². The predicted molar refractivity (Wildman–Crippen MR) is 121 cm³/mol. The van der Waals surface area contributed by atoms with Gasteiger partial charge in [-0.1, -0.05) is 44.1 Å². The average Bonchev–Trinajstić information content (AvgIpc) is 3.51. The highest BCUT2D eigenvalue weighted by Gasteiger charge is 2.46. The van der Waals surface area contributed by atoms with Crippen molar-refractivity contribution in [3.8, 4) is 17.0 Å². The number of carbonyl (C=O) groups excluding carboxylic acids is 1. The van der Waals surface area contributed by atoms with Crippen molar-refractivity contribution in [2.75, 3.05) is 12.0 Å². The normalized spacial score (nSPS) is 15.7. The Morgan fingerprint density at radius 2 is 1.85 bits per heavy atom. The van der Waals surface area contributed by atoms with Gasteiger partial charge < -0.3 is 9.26 Å². The van der Waals surface area contributed by atoms with Crippen LogP contribution in [0.2, 0.25) is 0 Å². The van der Waals surface area contributed by atoms with E-state index in [4.69, 9.17) is 9.26 Å². The minimum atomic E-state index is -0.741. The molecule has 0 fully saturated rings. The zero-order valence-corrected chi connectivity index (χ0v) is 18.7. The molecule has 4 aromatic rings. The van der Waals surface area contributed by atoms with Gasteiger partial charge in [-0.05, 0) is 24.3 Å². The van der Waals surface area contributed by atoms with Gasteiger partial charge >= 0.3 is 0 Å². The first-order valence-electron chi connectivity index (χ1n) is 10.6. The molecule has 0 saturated carbocycles. The Morgan fingerprint density at radius 1 is 1.09 bits per heavy atom. The van der Waals surface area contributed by atoms with E-state index in [0.29, 0.717) is 28.3 Å². The molecule has 2 aromatic heterocycles. The van der Waals surface area contributed by atoms with Crippen LogP contribution in [0, 0.1) is 5.82 Å². The Hall–Kier alpha value is -3.94. The van der Waals surface area contributed by atoms with Crippen LogP contribution in [-0.2, 0) is 5.41 Å². The van der Waals surface area contributed by atoms with Gasteiger partial charge in [0.1, 0.15) is 23.5 Å². The fourth-order valence-electron chi connectivity index (χ4n) is 4.37. The van der Waals surface area contributed by atoms with Crippen molar-refractivity contribution < 1.29 is 18.4 Å². The number of carbonyl (C=O) groups is 1. The van der Waals surface area contributed by atoms with Crippen molar-refractivity contribution >= 4 is 11.6 Å². The van der Waals surface area contributed by atoms with E-state index in [-0.39, 0.29) is 17.0 Å². The first-order valence-corrected chi connectivity index (χ1v) is 10.6. The van der Waals surface area contributed by atoms with Crippen LogP contribution in [0.1, 0.15) is 54.1 Å². The Labute approximate surface area is 190 Å². The number of rotatable bonds is 4. The maximum Gasteiger partial charge on any atom is 0.280 e. The minimum absolute atomic E-state index is 0.288. The largest absolute Gasteiger partial charge is 0.496 e. The van der Waals surface area contributed by atoms with Gasteiger partial charge in [0, 0.05) is 34.0 Å². The van der Waals surface area contributed by atoms with Gasteiger partial charge in [-0.3, -0.25) is 14.8 Å². The fraction of sp³-hybridized carbons (Fsp3) is 0.240. The fourth-order valence-corrected chi connectivity index (χ4v) is 4.37. The van der Waals surface area contributed by atoms with Crippen LogP contribution in [0.5, 0.6) is 5.75 Å². The number of fused-ring (bicyclic) bond motifs is 1. The number of aromatic nitrogens is 3. The second kappa shape index (κ2) is 7.58. The molecule has 8 heteroatoms. The van der Waals surface area contributed by atoms with Gasteiger partial charge in [-0.2, -0.15) is 5.10 Å². The second-order valence-corrected chi connectivity index (χ2v) is 8.98. The highest BCUT2D eigenvalue weighted by atomic mass is 19.1. The number of anilines is 1. The Balaban J connectivity index is 1.71. The Kier molecular flexibility index (Phi) is 4.81. The number of halogens is 1. The molecule has 1 amide bonds. The number of nitrogens with zero attached hydrogens (tertiary/aromatic N) is 3. The number of amides is 1. The number of methoxy groups -OCH3 is 1. The van der Waals surface area contributed by atoms with E-state index in [1.165, 1.54) is 19.4 Å². The van der Waals surface area contributed by atoms with Crippen molar-refractivity contribution in [2.24, 2.45) is 0 Å². The number of nitrogens with one attached hydrogen (secondary N) is 1. The number of hydrogen-bond donors (Lipinski definition) is 1. The van der Waals surface area contributed by atoms with Gasteiger partial charge in [-0.15, -0.1) is 0 Å². The van der Waals surface area contributed by atoms with Crippen LogP contribution in [0.4, 0.5) is 10.1 Å². The number of aromatic amines is 1. The van der Waals surface area contributed by atoms with Crippen LogP contribution in [0.15, 0.2) is 59.3 Å². The molecule has 5 rings (SSSR count). The summed E-state index contributed by atoms with van der Waals surface area (Å²) >= 11 is 0. The smallest absolute Gasteiger partial charge is 0.280 e. The van der Waals surface area contributed by atoms with Crippen LogP contribution < -0.4 is 9.64 Å². The Bertz CT molecular complexity index is 1320. The maximum absolute atomic E-state index is 15.3. The second-order valence-electron chi connectivity index (χ2n) is 8.98. The summed E-state index contributed by atoms with van der Waals surface area (Å²) in [6, 6.07) is 13.0. The van der Waals surface area contributed by atoms with E-state index >= 15 is 4.39 Å². The van der Waals surface area contributed by atoms with Crippen LogP contribution >= 0.6 is 0 Å². The molecule has 0 aliphatic carbocycles. The summed E-state index contributed by atoms with van der Waals surface area (Å²) in [6.07, 6.45) is 1.50. The molecule has 3 heterocycles. The molecule has 168 valence electrons. The van der Waals surface area contributed by atoms with E-state index in [0.717, 1.165) is 11.3 Å². The minimum Gasteiger partial charge on any atom is -0.496 e. The van der Waals surface area contributed by atoms with Gasteiger partial charge in [0.15, 0.2) is 5.69 Å². The van der Waals surface area contributed by atoms with Crippen molar-refractivity contribution in [1.29, 1.82) is 0 Å². The summed E-state index contributed by atoms with van der Waals surface area (Å²) in [7, 11) is 1.49. The van der Waals surface area contributed by atoms with Crippen LogP contribution in [0.25, 0.3) is 11.3 Å². The van der Waals surface area contributed by atoms with E-state index in [2.05, 4.69) is 15.4 Å². The van der Waals surface area contributed by atoms with E-state index in [9.17, 15) is 4.79 Å². The van der Waals surface area contributed by atoms with Crippen LogP contribution in [0.3, 0.4) is 0 Å². The summed E-state index contributed by atoms with van der Waals surface area (Å²) in [5.41, 5.74) is 3.82. The topological polar surface area (TPSA) is 84.2 Å². The molecule has 0 saturated heterocycles. The molecule has 0 bridgehead atoms. The highest BCUT2D eigenvalue weighted by Crippen LogP contribution is 2.48. The first kappa shape index (κ1) is 20.9. The summed E-state index contributed by atoms with van der Waals surface area (Å²) < 4.78 is 25.8. The molecule has 2 aromatic carbocycles. The molecule has 33 heavy (non-hydrogen) atoms. The maximum atomic E-state index is 15.3. The lowest BCUT2D eigenvalue weighted by Gasteiger charge is -2.29. The van der Waals surface area contributed by atoms with Gasteiger partial charge in [0.2, 0.25) is 0 Å². The van der Waals surface area contributed by atoms with Crippen LogP contribution in [-0.4, -0.2) is 28.4 Å². The first-order chi connectivity index (χ1) is 15.8. The van der Waals surface area contributed by atoms with E-state index in [1.54, 1.807) is 23.1 Å². The van der Waals surface area contributed by atoms with Crippen molar-refractivity contribution in [3.63, 3.8) is 0 Å². The van der Waals surface area contributed by atoms with Gasteiger partial charge in [0.05, 0.1) is 18.7 Å². The summed E-state index contributed by atoms with van der Waals surface area (Å²) in [5, 5.41) is 11.3. The van der Waals surface area contributed by atoms with E-state index in [1.807, 2.05) is 45.0 Å². The third-order valence-corrected chi connectivity index (χ3v) is 5.89. The molecule has 0 radical (unpaired) electrons. The lowest BCUT2D eigenvalue weighted by atomic mass is 9.85. The third-order valence-electron chi connectivity index (χ3n) is 5.89. The Morgan fingerprint density at radius 3 is 2.48 bits per heavy atom. The average molecular weight is 446 g/mol. The molecule has 1 aliphatic rings. The molecule has 1 unspecified atom stereocenters. The van der Waals surface area contributed by atoms with Crippen molar-refractivity contribution in [3.05, 3.63) is 83.1 Å². The number of ether oxygens (including phenoxy) is 1. The summed E-state index contributed by atoms with van der Waals surface area (Å²) in [6.45, 7) is 6.07. The lowest BCUT2D eigenvalue weighted by Crippen LogP contribution is -2.31. The SMILES string of the molecule is COc1cccc(F)c1C1c2c(n[nH]c2C(C)(C)C)C(=O)N1c1ccc(-c2ccon2)cc1. The molecule has 0 spiro atoms. The number of hydrogen-bond acceptors (Lipinski definition) is 5. The standard InChI is InChI=1S/C25H23FN4O3/c1-25(2,3)23-20-21(27-28-23)24(31)30(22(20)19-16(26)6-5-7-18(19)32-4)15-10-8-14(9-11-15)17-12-13-33-29-17/h5-13,22H,1-4H3,(H,27,28). The van der Waals surface area contributed by atoms with Crippen molar-refractivity contribution in [2.45, 2.75) is 32.2 Å². The molecule has 7 nitrogen and oxygen atoms in total. The zero-order valence-electron chi connectivity index (χ0n) is 18.7. The monoisotopic (exact) mass is 446 g/mol. The molecule has 1 atom stereocenters. The molecule has 1 N–H and O–H groups in total. The quantitative estimate of drug-likeness (QED) is 0.462. The summed E-state index contributed by atoms with van der Waals surface area (Å²) in [4.78, 5) is 15.2.